The summed E-state index contributed by atoms with van der Waals surface area (Å²) in [6.07, 6.45) is -0.0578. The molecule has 2 N–H and O–H groups in total. The highest BCUT2D eigenvalue weighted by molar-refractivity contribution is 9.10. The summed E-state index contributed by atoms with van der Waals surface area (Å²) in [6, 6.07) is 11.2. The zero-order chi connectivity index (χ0) is 17.0. The lowest BCUT2D eigenvalue weighted by Crippen LogP contribution is -2.16. The first-order valence-corrected chi connectivity index (χ1v) is 7.77. The number of carbonyl (C=O) groups is 2. The minimum absolute atomic E-state index is 0.0578. The number of carbonyl (C=O) groups excluding carboxylic acids is 1. The van der Waals surface area contributed by atoms with Crippen LogP contribution in [0.5, 0.6) is 5.75 Å². The normalized spacial score (nSPS) is 10.4. The van der Waals surface area contributed by atoms with Crippen LogP contribution in [-0.4, -0.2) is 23.1 Å². The third-order valence-electron chi connectivity index (χ3n) is 2.94. The molecule has 0 heterocycles. The number of aromatic carboxylic acids is 1. The first-order valence-electron chi connectivity index (χ1n) is 6.97. The monoisotopic (exact) mass is 377 g/mol. The smallest absolute Gasteiger partial charge is 0.335 e. The Morgan fingerprint density at radius 1 is 1.13 bits per heavy atom. The molecule has 0 saturated heterocycles. The molecule has 0 aliphatic rings. The van der Waals surface area contributed by atoms with E-state index in [9.17, 15) is 9.59 Å². The number of nitrogens with one attached hydrogen (secondary N) is 1. The van der Waals surface area contributed by atoms with Gasteiger partial charge in [0.05, 0.1) is 17.2 Å². The number of halogens is 1. The summed E-state index contributed by atoms with van der Waals surface area (Å²) in [6.45, 7) is 3.77. The number of hydrogen-bond donors (Lipinski definition) is 2. The molecule has 120 valence electrons. The van der Waals surface area contributed by atoms with Crippen molar-refractivity contribution in [2.45, 2.75) is 20.0 Å². The van der Waals surface area contributed by atoms with Crippen molar-refractivity contribution in [2.24, 2.45) is 0 Å². The average molecular weight is 378 g/mol. The van der Waals surface area contributed by atoms with Crippen LogP contribution < -0.4 is 10.1 Å². The van der Waals surface area contributed by atoms with Gasteiger partial charge >= 0.3 is 5.97 Å². The average Bonchev–Trinajstić information content (AvgIpc) is 2.49. The van der Waals surface area contributed by atoms with Crippen molar-refractivity contribution in [1.29, 1.82) is 0 Å². The predicted molar refractivity (Wildman–Crippen MR) is 91.3 cm³/mol. The van der Waals surface area contributed by atoms with E-state index in [0.717, 1.165) is 4.47 Å². The molecule has 2 aromatic rings. The summed E-state index contributed by atoms with van der Waals surface area (Å²) in [5.41, 5.74) is 1.07. The van der Waals surface area contributed by atoms with Crippen LogP contribution in [0.25, 0.3) is 0 Å². The number of carboxylic acid groups (broad SMARTS) is 1. The Bertz CT molecular complexity index is 726. The summed E-state index contributed by atoms with van der Waals surface area (Å²) in [5, 5.41) is 11.6. The SMILES string of the molecule is CC(C)Oc1ccc(Br)cc1C(=O)Nc1ccc(C(=O)O)cc1. The molecular formula is C17H16BrNO4. The molecule has 0 radical (unpaired) electrons. The molecule has 2 rings (SSSR count). The van der Waals surface area contributed by atoms with Crippen molar-refractivity contribution in [3.8, 4) is 5.75 Å². The molecule has 0 aliphatic carbocycles. The Morgan fingerprint density at radius 3 is 2.35 bits per heavy atom. The van der Waals surface area contributed by atoms with E-state index >= 15 is 0 Å². The van der Waals surface area contributed by atoms with Crippen molar-refractivity contribution in [3.05, 3.63) is 58.1 Å². The Labute approximate surface area is 142 Å². The lowest BCUT2D eigenvalue weighted by atomic mass is 10.1. The Kier molecular flexibility index (Phi) is 5.39. The maximum Gasteiger partial charge on any atom is 0.335 e. The number of carboxylic acids is 1. The first-order chi connectivity index (χ1) is 10.9. The molecule has 1 amide bonds. The van der Waals surface area contributed by atoms with Gasteiger partial charge in [0.2, 0.25) is 0 Å². The molecule has 0 bridgehead atoms. The first kappa shape index (κ1) is 17.0. The van der Waals surface area contributed by atoms with Gasteiger partial charge in [-0.05, 0) is 56.3 Å². The van der Waals surface area contributed by atoms with Gasteiger partial charge in [-0.25, -0.2) is 4.79 Å². The van der Waals surface area contributed by atoms with Gasteiger partial charge in [0.1, 0.15) is 5.75 Å². The summed E-state index contributed by atoms with van der Waals surface area (Å²) in [7, 11) is 0. The largest absolute Gasteiger partial charge is 0.490 e. The van der Waals surface area contributed by atoms with Crippen LogP contribution in [-0.2, 0) is 0 Å². The molecule has 0 aromatic heterocycles. The van der Waals surface area contributed by atoms with Gasteiger partial charge in [0.15, 0.2) is 0 Å². The molecule has 0 saturated carbocycles. The lowest BCUT2D eigenvalue weighted by molar-refractivity contribution is 0.0696. The van der Waals surface area contributed by atoms with Crippen molar-refractivity contribution in [2.75, 3.05) is 5.32 Å². The highest BCUT2D eigenvalue weighted by Gasteiger charge is 2.15. The van der Waals surface area contributed by atoms with Gasteiger partial charge in [-0.3, -0.25) is 4.79 Å². The number of benzene rings is 2. The van der Waals surface area contributed by atoms with E-state index in [0.29, 0.717) is 17.0 Å². The second kappa shape index (κ2) is 7.28. The van der Waals surface area contributed by atoms with Crippen LogP contribution >= 0.6 is 15.9 Å². The lowest BCUT2D eigenvalue weighted by Gasteiger charge is -2.14. The molecule has 5 nitrogen and oxygen atoms in total. The highest BCUT2D eigenvalue weighted by Crippen LogP contribution is 2.25. The fourth-order valence-electron chi connectivity index (χ4n) is 1.93. The third kappa shape index (κ3) is 4.56. The molecule has 2 aromatic carbocycles. The quantitative estimate of drug-likeness (QED) is 0.818. The zero-order valence-corrected chi connectivity index (χ0v) is 14.3. The minimum Gasteiger partial charge on any atom is -0.490 e. The minimum atomic E-state index is -1.01. The Hall–Kier alpha value is -2.34. The molecule has 0 spiro atoms. The van der Waals surface area contributed by atoms with Gasteiger partial charge in [-0.1, -0.05) is 15.9 Å². The molecule has 0 unspecified atom stereocenters. The summed E-state index contributed by atoms with van der Waals surface area (Å²) < 4.78 is 6.41. The topological polar surface area (TPSA) is 75.6 Å². The van der Waals surface area contributed by atoms with E-state index in [4.69, 9.17) is 9.84 Å². The van der Waals surface area contributed by atoms with Crippen LogP contribution in [0.4, 0.5) is 5.69 Å². The number of anilines is 1. The predicted octanol–water partition coefficient (Wildman–Crippen LogP) is 4.19. The van der Waals surface area contributed by atoms with Crippen LogP contribution in [0.3, 0.4) is 0 Å². The van der Waals surface area contributed by atoms with Crippen molar-refractivity contribution in [1.82, 2.24) is 0 Å². The van der Waals surface area contributed by atoms with Crippen LogP contribution in [0, 0.1) is 0 Å². The van der Waals surface area contributed by atoms with Crippen LogP contribution in [0.15, 0.2) is 46.9 Å². The zero-order valence-electron chi connectivity index (χ0n) is 12.7. The summed E-state index contributed by atoms with van der Waals surface area (Å²) in [5.74, 6) is -0.852. The van der Waals surface area contributed by atoms with Crippen LogP contribution in [0.2, 0.25) is 0 Å². The van der Waals surface area contributed by atoms with E-state index in [1.807, 2.05) is 13.8 Å². The van der Waals surface area contributed by atoms with Gasteiger partial charge in [-0.2, -0.15) is 0 Å². The highest BCUT2D eigenvalue weighted by atomic mass is 79.9. The van der Waals surface area contributed by atoms with Gasteiger partial charge in [-0.15, -0.1) is 0 Å². The summed E-state index contributed by atoms with van der Waals surface area (Å²) in [4.78, 5) is 23.3. The Morgan fingerprint density at radius 2 is 1.78 bits per heavy atom. The van der Waals surface area contributed by atoms with Crippen molar-refractivity contribution < 1.29 is 19.4 Å². The second-order valence-corrected chi connectivity index (χ2v) is 6.06. The van der Waals surface area contributed by atoms with E-state index in [2.05, 4.69) is 21.2 Å². The van der Waals surface area contributed by atoms with Crippen molar-refractivity contribution >= 4 is 33.5 Å². The van der Waals surface area contributed by atoms with E-state index in [1.54, 1.807) is 30.3 Å². The third-order valence-corrected chi connectivity index (χ3v) is 3.43. The van der Waals surface area contributed by atoms with Gasteiger partial charge in [0, 0.05) is 10.2 Å². The fraction of sp³-hybridized carbons (Fsp3) is 0.176. The van der Waals surface area contributed by atoms with Crippen molar-refractivity contribution in [3.63, 3.8) is 0 Å². The van der Waals surface area contributed by atoms with Gasteiger partial charge < -0.3 is 15.2 Å². The van der Waals surface area contributed by atoms with E-state index < -0.39 is 5.97 Å². The maximum absolute atomic E-state index is 12.5. The number of hydrogen-bond acceptors (Lipinski definition) is 3. The molecule has 0 atom stereocenters. The fourth-order valence-corrected chi connectivity index (χ4v) is 2.29. The molecule has 0 fully saturated rings. The second-order valence-electron chi connectivity index (χ2n) is 5.14. The molecule has 6 heteroatoms. The summed E-state index contributed by atoms with van der Waals surface area (Å²) >= 11 is 3.34. The van der Waals surface area contributed by atoms with Gasteiger partial charge in [0.25, 0.3) is 5.91 Å². The molecule has 23 heavy (non-hydrogen) atoms. The Balaban J connectivity index is 2.23. The standard InChI is InChI=1S/C17H16BrNO4/c1-10(2)23-15-8-5-12(18)9-14(15)16(20)19-13-6-3-11(4-7-13)17(21)22/h3-10H,1-2H3,(H,19,20)(H,21,22). The number of rotatable bonds is 5. The number of ether oxygens (including phenoxy) is 1. The van der Waals surface area contributed by atoms with Crippen LogP contribution in [0.1, 0.15) is 34.6 Å². The molecule has 0 aliphatic heterocycles. The van der Waals surface area contributed by atoms with E-state index in [-0.39, 0.29) is 17.6 Å². The number of amides is 1. The maximum atomic E-state index is 12.5. The molecular weight excluding hydrogens is 362 g/mol. The van der Waals surface area contributed by atoms with E-state index in [1.165, 1.54) is 12.1 Å².